The molecule has 4 nitrogen and oxygen atoms in total. The number of aromatic amines is 1. The van der Waals surface area contributed by atoms with E-state index in [2.05, 4.69) is 14.8 Å². The second kappa shape index (κ2) is 5.64. The Kier molecular flexibility index (Phi) is 3.37. The first-order chi connectivity index (χ1) is 12.6. The number of imidazole rings is 1. The van der Waals surface area contributed by atoms with Gasteiger partial charge in [-0.2, -0.15) is 5.10 Å². The predicted molar refractivity (Wildman–Crippen MR) is 96.0 cm³/mol. The van der Waals surface area contributed by atoms with Gasteiger partial charge in [-0.1, -0.05) is 17.7 Å². The van der Waals surface area contributed by atoms with Gasteiger partial charge in [0.25, 0.3) is 0 Å². The lowest BCUT2D eigenvalue weighted by Gasteiger charge is -2.10. The first-order valence-corrected chi connectivity index (χ1v) is 8.67. The zero-order valence-corrected chi connectivity index (χ0v) is 14.3. The molecule has 4 aromatic rings. The number of fused-ring (bicyclic) bond motifs is 2. The summed E-state index contributed by atoms with van der Waals surface area (Å²) in [5.41, 5.74) is 3.72. The van der Waals surface area contributed by atoms with Gasteiger partial charge in [0.05, 0.1) is 28.1 Å². The normalized spacial score (nSPS) is 13.5. The van der Waals surface area contributed by atoms with Gasteiger partial charge in [0.2, 0.25) is 0 Å². The molecule has 0 unspecified atom stereocenters. The van der Waals surface area contributed by atoms with Gasteiger partial charge in [0.15, 0.2) is 11.6 Å². The Hall–Kier alpha value is -2.73. The molecule has 0 bridgehead atoms. The van der Waals surface area contributed by atoms with Crippen LogP contribution >= 0.6 is 11.6 Å². The highest BCUT2D eigenvalue weighted by atomic mass is 35.5. The maximum Gasteiger partial charge on any atom is 0.160 e. The molecule has 0 aliphatic carbocycles. The van der Waals surface area contributed by atoms with Crippen molar-refractivity contribution in [3.8, 4) is 22.5 Å². The molecule has 3 heterocycles. The van der Waals surface area contributed by atoms with E-state index in [1.54, 1.807) is 6.20 Å². The molecule has 0 fully saturated rings. The SMILES string of the molecule is Fc1cc(Cl)c(-c2nc3n(c2-c2ccc4[nH]ncc4c2)CCC3)cc1F. The van der Waals surface area contributed by atoms with Gasteiger partial charge in [-0.25, -0.2) is 13.8 Å². The van der Waals surface area contributed by atoms with E-state index in [9.17, 15) is 8.78 Å². The Morgan fingerprint density at radius 3 is 2.85 bits per heavy atom. The van der Waals surface area contributed by atoms with E-state index in [1.807, 2.05) is 18.2 Å². The van der Waals surface area contributed by atoms with Crippen LogP contribution in [0.5, 0.6) is 0 Å². The molecule has 1 aliphatic rings. The summed E-state index contributed by atoms with van der Waals surface area (Å²) in [6.07, 6.45) is 3.61. The standard InChI is InChI=1S/C19H13ClF2N4/c20-13-8-15(22)14(21)7-12(13)18-19(26-5-1-2-17(26)24-18)10-3-4-16-11(6-10)9-23-25-16/h3-4,6-9H,1-2,5H2,(H,23,25). The molecule has 0 spiro atoms. The summed E-state index contributed by atoms with van der Waals surface area (Å²) in [5.74, 6) is -0.969. The Morgan fingerprint density at radius 2 is 1.96 bits per heavy atom. The third-order valence-corrected chi connectivity index (χ3v) is 5.12. The van der Waals surface area contributed by atoms with Crippen LogP contribution < -0.4 is 0 Å². The number of hydrogen-bond donors (Lipinski definition) is 1. The fourth-order valence-electron chi connectivity index (χ4n) is 3.60. The number of aromatic nitrogens is 4. The topological polar surface area (TPSA) is 46.5 Å². The van der Waals surface area contributed by atoms with Crippen molar-refractivity contribution in [2.75, 3.05) is 0 Å². The van der Waals surface area contributed by atoms with Crippen LogP contribution in [0.4, 0.5) is 8.78 Å². The Labute approximate surface area is 152 Å². The first-order valence-electron chi connectivity index (χ1n) is 8.29. The fourth-order valence-corrected chi connectivity index (χ4v) is 3.84. The van der Waals surface area contributed by atoms with Gasteiger partial charge in [-0.3, -0.25) is 5.10 Å². The molecule has 26 heavy (non-hydrogen) atoms. The molecule has 0 amide bonds. The number of H-pyrrole nitrogens is 1. The summed E-state index contributed by atoms with van der Waals surface area (Å²) in [6, 6.07) is 8.05. The van der Waals surface area contributed by atoms with E-state index < -0.39 is 11.6 Å². The Morgan fingerprint density at radius 1 is 1.12 bits per heavy atom. The molecule has 1 N–H and O–H groups in total. The molecule has 0 saturated heterocycles. The van der Waals surface area contributed by atoms with Crippen molar-refractivity contribution in [2.24, 2.45) is 0 Å². The molecule has 0 atom stereocenters. The van der Waals surface area contributed by atoms with Crippen molar-refractivity contribution in [3.63, 3.8) is 0 Å². The Balaban J connectivity index is 1.78. The van der Waals surface area contributed by atoms with Crippen LogP contribution in [-0.2, 0) is 13.0 Å². The number of hydrogen-bond acceptors (Lipinski definition) is 2. The van der Waals surface area contributed by atoms with Crippen molar-refractivity contribution in [1.82, 2.24) is 19.7 Å². The number of rotatable bonds is 2. The van der Waals surface area contributed by atoms with E-state index in [-0.39, 0.29) is 5.02 Å². The summed E-state index contributed by atoms with van der Waals surface area (Å²) in [7, 11) is 0. The number of halogens is 3. The molecule has 0 radical (unpaired) electrons. The largest absolute Gasteiger partial charge is 0.327 e. The van der Waals surface area contributed by atoms with Gasteiger partial charge < -0.3 is 4.57 Å². The average Bonchev–Trinajstić information content (AvgIpc) is 3.32. The van der Waals surface area contributed by atoms with Gasteiger partial charge in [0, 0.05) is 29.5 Å². The molecular formula is C19H13ClF2N4. The van der Waals surface area contributed by atoms with E-state index >= 15 is 0 Å². The van der Waals surface area contributed by atoms with Crippen molar-refractivity contribution in [2.45, 2.75) is 19.4 Å². The highest BCUT2D eigenvalue weighted by Crippen LogP contribution is 2.39. The zero-order chi connectivity index (χ0) is 17.8. The van der Waals surface area contributed by atoms with Crippen molar-refractivity contribution >= 4 is 22.5 Å². The van der Waals surface area contributed by atoms with Gasteiger partial charge in [-0.15, -0.1) is 0 Å². The van der Waals surface area contributed by atoms with E-state index in [0.29, 0.717) is 11.3 Å². The highest BCUT2D eigenvalue weighted by Gasteiger charge is 2.25. The molecule has 2 aromatic heterocycles. The second-order valence-corrected chi connectivity index (χ2v) is 6.81. The van der Waals surface area contributed by atoms with Crippen molar-refractivity contribution in [1.29, 1.82) is 0 Å². The predicted octanol–water partition coefficient (Wildman–Crippen LogP) is 4.97. The highest BCUT2D eigenvalue weighted by molar-refractivity contribution is 6.33. The lowest BCUT2D eigenvalue weighted by Crippen LogP contribution is -1.97. The van der Waals surface area contributed by atoms with E-state index in [1.165, 1.54) is 0 Å². The summed E-state index contributed by atoms with van der Waals surface area (Å²) < 4.78 is 29.5. The smallest absolute Gasteiger partial charge is 0.160 e. The quantitative estimate of drug-likeness (QED) is 0.506. The lowest BCUT2D eigenvalue weighted by molar-refractivity contribution is 0.509. The minimum Gasteiger partial charge on any atom is -0.327 e. The molecule has 1 aliphatic heterocycles. The summed E-state index contributed by atoms with van der Waals surface area (Å²) in [4.78, 5) is 4.70. The summed E-state index contributed by atoms with van der Waals surface area (Å²) >= 11 is 6.22. The summed E-state index contributed by atoms with van der Waals surface area (Å²) in [5, 5.41) is 8.10. The van der Waals surface area contributed by atoms with Crippen LogP contribution in [0.3, 0.4) is 0 Å². The zero-order valence-electron chi connectivity index (χ0n) is 13.6. The number of nitrogens with one attached hydrogen (secondary N) is 1. The molecule has 7 heteroatoms. The Bertz CT molecular complexity index is 1160. The monoisotopic (exact) mass is 370 g/mol. The van der Waals surface area contributed by atoms with Gasteiger partial charge in [0.1, 0.15) is 5.82 Å². The fraction of sp³-hybridized carbons (Fsp3) is 0.158. The van der Waals surface area contributed by atoms with Crippen LogP contribution in [0.15, 0.2) is 36.5 Å². The van der Waals surface area contributed by atoms with Crippen LogP contribution in [0.2, 0.25) is 5.02 Å². The molecule has 130 valence electrons. The molecule has 5 rings (SSSR count). The third-order valence-electron chi connectivity index (χ3n) is 4.81. The van der Waals surface area contributed by atoms with Crippen LogP contribution in [0, 0.1) is 11.6 Å². The van der Waals surface area contributed by atoms with Crippen LogP contribution in [-0.4, -0.2) is 19.7 Å². The molecule has 0 saturated carbocycles. The number of aryl methyl sites for hydroxylation is 1. The maximum atomic E-state index is 13.9. The van der Waals surface area contributed by atoms with Crippen LogP contribution in [0.1, 0.15) is 12.2 Å². The van der Waals surface area contributed by atoms with Crippen LogP contribution in [0.25, 0.3) is 33.4 Å². The maximum absolute atomic E-state index is 13.9. The minimum absolute atomic E-state index is 0.145. The van der Waals surface area contributed by atoms with Gasteiger partial charge >= 0.3 is 0 Å². The van der Waals surface area contributed by atoms with E-state index in [0.717, 1.165) is 59.5 Å². The van der Waals surface area contributed by atoms with E-state index in [4.69, 9.17) is 16.6 Å². The third kappa shape index (κ3) is 2.25. The minimum atomic E-state index is -0.966. The molecular weight excluding hydrogens is 358 g/mol. The van der Waals surface area contributed by atoms with Gasteiger partial charge in [-0.05, 0) is 30.7 Å². The summed E-state index contributed by atoms with van der Waals surface area (Å²) in [6.45, 7) is 0.836. The number of nitrogens with zero attached hydrogens (tertiary/aromatic N) is 3. The van der Waals surface area contributed by atoms with Crippen molar-refractivity contribution < 1.29 is 8.78 Å². The lowest BCUT2D eigenvalue weighted by atomic mass is 10.0. The molecule has 2 aromatic carbocycles. The number of benzene rings is 2. The first kappa shape index (κ1) is 15.5. The average molecular weight is 371 g/mol. The second-order valence-electron chi connectivity index (χ2n) is 6.40. The van der Waals surface area contributed by atoms with Crippen molar-refractivity contribution in [3.05, 3.63) is 59.0 Å².